The molecule has 1 atom stereocenters. The van der Waals surface area contributed by atoms with Gasteiger partial charge in [-0.05, 0) is 56.1 Å². The predicted octanol–water partition coefficient (Wildman–Crippen LogP) is 5.10. The number of thiophene rings is 1. The summed E-state index contributed by atoms with van der Waals surface area (Å²) in [5.74, 6) is -1.34. The van der Waals surface area contributed by atoms with Crippen LogP contribution in [0.5, 0.6) is 0 Å². The van der Waals surface area contributed by atoms with Gasteiger partial charge in [0.25, 0.3) is 0 Å². The molecule has 1 aromatic carbocycles. The molecule has 0 amide bonds. The van der Waals surface area contributed by atoms with Gasteiger partial charge in [-0.25, -0.2) is 8.78 Å². The molecule has 0 saturated carbocycles. The summed E-state index contributed by atoms with van der Waals surface area (Å²) in [6.07, 6.45) is 3.90. The lowest BCUT2D eigenvalue weighted by atomic mass is 9.90. The van der Waals surface area contributed by atoms with E-state index in [-0.39, 0.29) is 0 Å². The zero-order valence-electron chi connectivity index (χ0n) is 14.6. The van der Waals surface area contributed by atoms with Crippen molar-refractivity contribution in [1.82, 2.24) is 15.1 Å². The number of benzene rings is 1. The zero-order valence-corrected chi connectivity index (χ0v) is 15.5. The molecule has 3 nitrogen and oxygen atoms in total. The van der Waals surface area contributed by atoms with Gasteiger partial charge in [-0.1, -0.05) is 6.07 Å². The Morgan fingerprint density at radius 1 is 1.23 bits per heavy atom. The summed E-state index contributed by atoms with van der Waals surface area (Å²) in [6.45, 7) is 5.12. The number of nitrogens with zero attached hydrogens (tertiary/aromatic N) is 2. The van der Waals surface area contributed by atoms with Crippen molar-refractivity contribution in [3.05, 3.63) is 63.6 Å². The third-order valence-corrected chi connectivity index (χ3v) is 5.97. The summed E-state index contributed by atoms with van der Waals surface area (Å²) in [7, 11) is 0. The van der Waals surface area contributed by atoms with Crippen LogP contribution >= 0.6 is 11.3 Å². The van der Waals surface area contributed by atoms with Crippen molar-refractivity contribution in [2.24, 2.45) is 0 Å². The number of aryl methyl sites for hydroxylation is 1. The summed E-state index contributed by atoms with van der Waals surface area (Å²) in [4.78, 5) is 5.19. The Hall–Kier alpha value is -2.05. The van der Waals surface area contributed by atoms with E-state index in [9.17, 15) is 8.78 Å². The molecular formula is C20H21F2N3S. The molecule has 1 aliphatic rings. The Kier molecular flexibility index (Phi) is 4.87. The molecule has 3 aromatic rings. The Morgan fingerprint density at radius 3 is 2.88 bits per heavy atom. The molecule has 0 aliphatic carbocycles. The molecule has 26 heavy (non-hydrogen) atoms. The van der Waals surface area contributed by atoms with Gasteiger partial charge in [0.2, 0.25) is 0 Å². The molecule has 0 radical (unpaired) electrons. The van der Waals surface area contributed by atoms with Crippen molar-refractivity contribution in [1.29, 1.82) is 0 Å². The monoisotopic (exact) mass is 373 g/mol. The molecule has 1 N–H and O–H groups in total. The molecule has 0 spiro atoms. The molecule has 1 fully saturated rings. The molecule has 136 valence electrons. The average molecular weight is 373 g/mol. The van der Waals surface area contributed by atoms with Crippen LogP contribution in [0.3, 0.4) is 0 Å². The zero-order chi connectivity index (χ0) is 18.1. The van der Waals surface area contributed by atoms with E-state index in [0.717, 1.165) is 43.7 Å². The minimum absolute atomic E-state index is 0.315. The van der Waals surface area contributed by atoms with Crippen LogP contribution in [0.25, 0.3) is 11.1 Å². The average Bonchev–Trinajstić information content (AvgIpc) is 3.27. The predicted molar refractivity (Wildman–Crippen MR) is 100 cm³/mol. The van der Waals surface area contributed by atoms with Gasteiger partial charge in [-0.15, -0.1) is 11.3 Å². The van der Waals surface area contributed by atoms with Crippen LogP contribution in [0.4, 0.5) is 8.78 Å². The topological polar surface area (TPSA) is 31.9 Å². The van der Waals surface area contributed by atoms with E-state index in [1.165, 1.54) is 21.9 Å². The molecule has 4 rings (SSSR count). The summed E-state index contributed by atoms with van der Waals surface area (Å²) in [6, 6.07) is 8.40. The third-order valence-electron chi connectivity index (χ3n) is 4.99. The SMILES string of the molecule is Cc1ccc(CN2CCC[C@H](c3[nH]ncc3-c3ccc(F)c(F)c3)C2)s1. The van der Waals surface area contributed by atoms with Crippen molar-refractivity contribution in [3.63, 3.8) is 0 Å². The Balaban J connectivity index is 1.54. The number of hydrogen-bond donors (Lipinski definition) is 1. The van der Waals surface area contributed by atoms with Gasteiger partial charge in [0.1, 0.15) is 0 Å². The number of piperidine rings is 1. The van der Waals surface area contributed by atoms with Crippen LogP contribution in [0.1, 0.15) is 34.2 Å². The van der Waals surface area contributed by atoms with Crippen LogP contribution in [0, 0.1) is 18.6 Å². The van der Waals surface area contributed by atoms with Crippen LogP contribution in [-0.4, -0.2) is 28.2 Å². The minimum Gasteiger partial charge on any atom is -0.298 e. The van der Waals surface area contributed by atoms with E-state index in [1.54, 1.807) is 12.3 Å². The van der Waals surface area contributed by atoms with E-state index >= 15 is 0 Å². The third kappa shape index (κ3) is 3.57. The number of nitrogens with one attached hydrogen (secondary N) is 1. The van der Waals surface area contributed by atoms with E-state index in [1.807, 2.05) is 11.3 Å². The van der Waals surface area contributed by atoms with Gasteiger partial charge in [0.15, 0.2) is 11.6 Å². The summed E-state index contributed by atoms with van der Waals surface area (Å²) in [5.41, 5.74) is 2.55. The maximum absolute atomic E-state index is 13.6. The van der Waals surface area contributed by atoms with Crippen molar-refractivity contribution >= 4 is 11.3 Å². The van der Waals surface area contributed by atoms with E-state index in [4.69, 9.17) is 0 Å². The van der Waals surface area contributed by atoms with Crippen molar-refractivity contribution in [2.75, 3.05) is 13.1 Å². The first-order valence-corrected chi connectivity index (χ1v) is 9.68. The van der Waals surface area contributed by atoms with Gasteiger partial charge >= 0.3 is 0 Å². The Labute approximate surface area is 155 Å². The fraction of sp³-hybridized carbons (Fsp3) is 0.350. The van der Waals surface area contributed by atoms with Gasteiger partial charge in [0, 0.05) is 40.0 Å². The number of halogens is 2. The molecule has 0 bridgehead atoms. The number of rotatable bonds is 4. The number of likely N-dealkylation sites (tertiary alicyclic amines) is 1. The molecule has 3 heterocycles. The van der Waals surface area contributed by atoms with Crippen LogP contribution in [0.15, 0.2) is 36.5 Å². The summed E-state index contributed by atoms with van der Waals surface area (Å²) in [5, 5.41) is 7.29. The van der Waals surface area contributed by atoms with Crippen molar-refractivity contribution in [3.8, 4) is 11.1 Å². The highest BCUT2D eigenvalue weighted by molar-refractivity contribution is 7.11. The van der Waals surface area contributed by atoms with Gasteiger partial charge in [-0.2, -0.15) is 5.10 Å². The number of H-pyrrole nitrogens is 1. The van der Waals surface area contributed by atoms with Gasteiger partial charge in [-0.3, -0.25) is 10.00 Å². The van der Waals surface area contributed by atoms with Crippen LogP contribution < -0.4 is 0 Å². The normalized spacial score (nSPS) is 18.3. The standard InChI is InChI=1S/C20H21F2N3S/c1-13-4-6-16(26-13)12-25-8-2-3-15(11-25)20-17(10-23-24-20)14-5-7-18(21)19(22)9-14/h4-7,9-10,15H,2-3,8,11-12H2,1H3,(H,23,24)/t15-/m0/s1. The molecule has 1 aliphatic heterocycles. The van der Waals surface area contributed by atoms with E-state index < -0.39 is 11.6 Å². The summed E-state index contributed by atoms with van der Waals surface area (Å²) >= 11 is 1.84. The number of aromatic nitrogens is 2. The molecule has 0 unspecified atom stereocenters. The van der Waals surface area contributed by atoms with E-state index in [0.29, 0.717) is 11.5 Å². The largest absolute Gasteiger partial charge is 0.298 e. The molecule has 6 heteroatoms. The van der Waals surface area contributed by atoms with Crippen LogP contribution in [-0.2, 0) is 6.54 Å². The highest BCUT2D eigenvalue weighted by atomic mass is 32.1. The number of hydrogen-bond acceptors (Lipinski definition) is 3. The fourth-order valence-corrected chi connectivity index (χ4v) is 4.66. The maximum Gasteiger partial charge on any atom is 0.159 e. The first-order valence-electron chi connectivity index (χ1n) is 8.86. The second-order valence-electron chi connectivity index (χ2n) is 6.91. The number of aromatic amines is 1. The van der Waals surface area contributed by atoms with Crippen LogP contribution in [0.2, 0.25) is 0 Å². The first kappa shape index (κ1) is 17.4. The lowest BCUT2D eigenvalue weighted by Gasteiger charge is -2.32. The quantitative estimate of drug-likeness (QED) is 0.690. The summed E-state index contributed by atoms with van der Waals surface area (Å²) < 4.78 is 26.9. The van der Waals surface area contributed by atoms with E-state index in [2.05, 4.69) is 34.2 Å². The highest BCUT2D eigenvalue weighted by Gasteiger charge is 2.25. The maximum atomic E-state index is 13.6. The molecular weight excluding hydrogens is 352 g/mol. The van der Waals surface area contributed by atoms with Gasteiger partial charge in [0.05, 0.1) is 6.20 Å². The lowest BCUT2D eigenvalue weighted by Crippen LogP contribution is -2.34. The second-order valence-corrected chi connectivity index (χ2v) is 8.29. The Bertz CT molecular complexity index is 902. The lowest BCUT2D eigenvalue weighted by molar-refractivity contribution is 0.200. The van der Waals surface area contributed by atoms with Crippen molar-refractivity contribution in [2.45, 2.75) is 32.2 Å². The smallest absolute Gasteiger partial charge is 0.159 e. The van der Waals surface area contributed by atoms with Crippen molar-refractivity contribution < 1.29 is 8.78 Å². The fourth-order valence-electron chi connectivity index (χ4n) is 3.73. The molecule has 1 saturated heterocycles. The molecule has 2 aromatic heterocycles. The van der Waals surface area contributed by atoms with Gasteiger partial charge < -0.3 is 0 Å². The highest BCUT2D eigenvalue weighted by Crippen LogP contribution is 2.34. The second kappa shape index (κ2) is 7.29. The minimum atomic E-state index is -0.826. The first-order chi connectivity index (χ1) is 12.6. The Morgan fingerprint density at radius 2 is 2.12 bits per heavy atom.